The Morgan fingerprint density at radius 2 is 1.85 bits per heavy atom. The Kier molecular flexibility index (Phi) is 5.63. The average Bonchev–Trinajstić information content (AvgIpc) is 2.97. The molecule has 0 aliphatic carbocycles. The Morgan fingerprint density at radius 3 is 2.50 bits per heavy atom. The number of rotatable bonds is 6. The van der Waals surface area contributed by atoms with Crippen LogP contribution in [0.25, 0.3) is 10.6 Å². The van der Waals surface area contributed by atoms with Crippen LogP contribution in [0.4, 0.5) is 5.69 Å². The highest BCUT2D eigenvalue weighted by molar-refractivity contribution is 7.15. The van der Waals surface area contributed by atoms with E-state index in [1.807, 2.05) is 57.2 Å². The fourth-order valence-electron chi connectivity index (χ4n) is 2.45. The lowest BCUT2D eigenvalue weighted by Crippen LogP contribution is -2.14. The van der Waals surface area contributed by atoms with Crippen LogP contribution < -0.4 is 10.1 Å². The quantitative estimate of drug-likeness (QED) is 0.697. The van der Waals surface area contributed by atoms with Gasteiger partial charge in [0.1, 0.15) is 10.8 Å². The number of hydrogen-bond acceptors (Lipinski definition) is 5. The number of aryl methyl sites for hydroxylation is 1. The number of anilines is 1. The van der Waals surface area contributed by atoms with Crippen molar-refractivity contribution in [2.75, 3.05) is 5.32 Å². The fraction of sp³-hybridized carbons (Fsp3) is 0.250. The van der Waals surface area contributed by atoms with Crippen molar-refractivity contribution in [3.05, 3.63) is 59.4 Å². The van der Waals surface area contributed by atoms with Gasteiger partial charge >= 0.3 is 0 Å². The molecule has 3 rings (SSSR count). The summed E-state index contributed by atoms with van der Waals surface area (Å²) < 4.78 is 5.61. The van der Waals surface area contributed by atoms with Crippen molar-refractivity contribution in [2.45, 2.75) is 33.3 Å². The zero-order valence-electron chi connectivity index (χ0n) is 15.0. The Balaban J connectivity index is 1.64. The lowest BCUT2D eigenvalue weighted by atomic mass is 10.2. The van der Waals surface area contributed by atoms with Crippen LogP contribution in [-0.2, 0) is 11.2 Å². The van der Waals surface area contributed by atoms with Gasteiger partial charge in [-0.25, -0.2) is 4.98 Å². The zero-order chi connectivity index (χ0) is 18.5. The highest BCUT2D eigenvalue weighted by atomic mass is 32.1. The molecule has 0 aliphatic heterocycles. The first kappa shape index (κ1) is 18.1. The second-order valence-electron chi connectivity index (χ2n) is 6.18. The van der Waals surface area contributed by atoms with Gasteiger partial charge in [-0.2, -0.15) is 0 Å². The van der Waals surface area contributed by atoms with Gasteiger partial charge in [0, 0.05) is 28.5 Å². The van der Waals surface area contributed by atoms with Crippen molar-refractivity contribution < 1.29 is 9.53 Å². The number of thiazole rings is 1. The number of benzene rings is 1. The molecular weight excluding hydrogens is 346 g/mol. The first-order chi connectivity index (χ1) is 12.5. The summed E-state index contributed by atoms with van der Waals surface area (Å²) in [5.41, 5.74) is 2.65. The summed E-state index contributed by atoms with van der Waals surface area (Å²) in [4.78, 5) is 21.9. The van der Waals surface area contributed by atoms with Crippen LogP contribution in [0.2, 0.25) is 0 Å². The molecule has 0 radical (unpaired) electrons. The molecule has 1 N–H and O–H groups in total. The Hall–Kier alpha value is -2.73. The number of carbonyl (C=O) groups is 1. The maximum atomic E-state index is 12.4. The van der Waals surface area contributed by atoms with E-state index in [-0.39, 0.29) is 12.0 Å². The molecule has 0 atom stereocenters. The third kappa shape index (κ3) is 4.67. The van der Waals surface area contributed by atoms with E-state index in [4.69, 9.17) is 4.74 Å². The predicted octanol–water partition coefficient (Wildman–Crippen LogP) is 4.48. The number of nitrogens with one attached hydrogen (secondary N) is 1. The molecule has 6 heteroatoms. The third-order valence-corrected chi connectivity index (χ3v) is 4.86. The van der Waals surface area contributed by atoms with E-state index < -0.39 is 0 Å². The molecule has 1 amide bonds. The van der Waals surface area contributed by atoms with Crippen LogP contribution in [-0.4, -0.2) is 22.0 Å². The molecule has 5 nitrogen and oxygen atoms in total. The molecule has 0 aliphatic rings. The van der Waals surface area contributed by atoms with Gasteiger partial charge in [-0.1, -0.05) is 0 Å². The summed E-state index contributed by atoms with van der Waals surface area (Å²) in [7, 11) is 0. The lowest BCUT2D eigenvalue weighted by Gasteiger charge is -2.10. The van der Waals surface area contributed by atoms with Crippen LogP contribution in [0.3, 0.4) is 0 Å². The minimum atomic E-state index is -0.0597. The van der Waals surface area contributed by atoms with Crippen molar-refractivity contribution in [1.82, 2.24) is 9.97 Å². The van der Waals surface area contributed by atoms with E-state index in [0.29, 0.717) is 6.42 Å². The van der Waals surface area contributed by atoms with Gasteiger partial charge < -0.3 is 10.1 Å². The zero-order valence-corrected chi connectivity index (χ0v) is 15.8. The molecule has 1 aromatic carbocycles. The normalized spacial score (nSPS) is 10.8. The lowest BCUT2D eigenvalue weighted by molar-refractivity contribution is -0.115. The molecule has 0 bridgehead atoms. The Bertz CT molecular complexity index is 874. The predicted molar refractivity (Wildman–Crippen MR) is 105 cm³/mol. The molecule has 26 heavy (non-hydrogen) atoms. The van der Waals surface area contributed by atoms with Gasteiger partial charge in [-0.15, -0.1) is 11.3 Å². The molecular formula is C20H21N3O2S. The Morgan fingerprint density at radius 1 is 1.15 bits per heavy atom. The van der Waals surface area contributed by atoms with Crippen molar-refractivity contribution in [3.8, 4) is 16.3 Å². The van der Waals surface area contributed by atoms with Gasteiger partial charge in [0.2, 0.25) is 5.91 Å². The van der Waals surface area contributed by atoms with E-state index in [9.17, 15) is 4.79 Å². The molecule has 0 fully saturated rings. The van der Waals surface area contributed by atoms with Crippen molar-refractivity contribution >= 4 is 22.9 Å². The van der Waals surface area contributed by atoms with Gasteiger partial charge in [0.25, 0.3) is 0 Å². The monoisotopic (exact) mass is 367 g/mol. The molecule has 3 aromatic rings. The number of pyridine rings is 1. The Labute approximate surface area is 157 Å². The van der Waals surface area contributed by atoms with E-state index in [1.165, 1.54) is 0 Å². The third-order valence-electron chi connectivity index (χ3n) is 3.65. The summed E-state index contributed by atoms with van der Waals surface area (Å²) in [5, 5.41) is 3.83. The highest BCUT2D eigenvalue weighted by Gasteiger charge is 2.13. The largest absolute Gasteiger partial charge is 0.491 e. The average molecular weight is 367 g/mol. The summed E-state index contributed by atoms with van der Waals surface area (Å²) in [6, 6.07) is 11.2. The van der Waals surface area contributed by atoms with Crippen LogP contribution in [0.1, 0.15) is 24.4 Å². The summed E-state index contributed by atoms with van der Waals surface area (Å²) in [6.07, 6.45) is 3.91. The molecule has 0 saturated carbocycles. The summed E-state index contributed by atoms with van der Waals surface area (Å²) >= 11 is 1.54. The molecule has 0 unspecified atom stereocenters. The minimum Gasteiger partial charge on any atom is -0.491 e. The molecule has 0 spiro atoms. The second-order valence-corrected chi connectivity index (χ2v) is 7.26. The first-order valence-corrected chi connectivity index (χ1v) is 9.26. The van der Waals surface area contributed by atoms with Crippen molar-refractivity contribution in [3.63, 3.8) is 0 Å². The number of carbonyl (C=O) groups excluding carboxylic acids is 1. The van der Waals surface area contributed by atoms with Gasteiger partial charge in [0.05, 0.1) is 18.2 Å². The maximum Gasteiger partial charge on any atom is 0.229 e. The highest BCUT2D eigenvalue weighted by Crippen LogP contribution is 2.28. The molecule has 0 saturated heterocycles. The number of amides is 1. The SMILES string of the molecule is Cc1nc(-c2ccncc2)sc1CC(=O)Nc1ccc(OC(C)C)cc1. The topological polar surface area (TPSA) is 64.1 Å². The molecule has 134 valence electrons. The standard InChI is InChI=1S/C20H21N3O2S/c1-13(2)25-17-6-4-16(5-7-17)23-19(24)12-18-14(3)22-20(26-18)15-8-10-21-11-9-15/h4-11,13H,12H2,1-3H3,(H,23,24). The number of aromatic nitrogens is 2. The van der Waals surface area contributed by atoms with Crippen LogP contribution in [0.5, 0.6) is 5.75 Å². The number of nitrogens with zero attached hydrogens (tertiary/aromatic N) is 2. The molecule has 2 heterocycles. The van der Waals surface area contributed by atoms with Gasteiger partial charge in [-0.05, 0) is 57.2 Å². The van der Waals surface area contributed by atoms with E-state index in [1.54, 1.807) is 23.7 Å². The van der Waals surface area contributed by atoms with E-state index in [0.717, 1.165) is 32.6 Å². The maximum absolute atomic E-state index is 12.4. The van der Waals surface area contributed by atoms with Crippen LogP contribution in [0, 0.1) is 6.92 Å². The number of ether oxygens (including phenoxy) is 1. The second kappa shape index (κ2) is 8.10. The smallest absolute Gasteiger partial charge is 0.229 e. The van der Waals surface area contributed by atoms with Crippen LogP contribution in [0.15, 0.2) is 48.8 Å². The summed E-state index contributed by atoms with van der Waals surface area (Å²) in [6.45, 7) is 5.89. The minimum absolute atomic E-state index is 0.0597. The first-order valence-electron chi connectivity index (χ1n) is 8.44. The van der Waals surface area contributed by atoms with E-state index >= 15 is 0 Å². The number of hydrogen-bond donors (Lipinski definition) is 1. The molecule has 2 aromatic heterocycles. The van der Waals surface area contributed by atoms with Gasteiger partial charge in [0.15, 0.2) is 0 Å². The summed E-state index contributed by atoms with van der Waals surface area (Å²) in [5.74, 6) is 0.730. The van der Waals surface area contributed by atoms with E-state index in [2.05, 4.69) is 15.3 Å². The van der Waals surface area contributed by atoms with Crippen molar-refractivity contribution in [1.29, 1.82) is 0 Å². The van der Waals surface area contributed by atoms with Crippen LogP contribution >= 0.6 is 11.3 Å². The fourth-order valence-corrected chi connectivity index (χ4v) is 3.52. The van der Waals surface area contributed by atoms with Crippen molar-refractivity contribution in [2.24, 2.45) is 0 Å². The van der Waals surface area contributed by atoms with Gasteiger partial charge in [-0.3, -0.25) is 9.78 Å².